The third-order valence-electron chi connectivity index (χ3n) is 6.67. The molecule has 0 radical (unpaired) electrons. The number of unbranched alkanes of at least 4 members (excludes halogenated alkanes) is 15. The summed E-state index contributed by atoms with van der Waals surface area (Å²) in [6.45, 7) is 5.24. The molecule has 0 aliphatic rings. The van der Waals surface area contributed by atoms with Crippen molar-refractivity contribution in [3.8, 4) is 0 Å². The zero-order valence-corrected chi connectivity index (χ0v) is 24.7. The van der Waals surface area contributed by atoms with Crippen LogP contribution < -0.4 is 16.0 Å². The van der Waals surface area contributed by atoms with Gasteiger partial charge in [-0.2, -0.15) is 0 Å². The Bertz CT molecular complexity index is 446. The Hall–Kier alpha value is -0.673. The summed E-state index contributed by atoms with van der Waals surface area (Å²) in [4.78, 5) is 11.8. The molecule has 0 aromatic carbocycles. The van der Waals surface area contributed by atoms with E-state index < -0.39 is 8.80 Å². The van der Waals surface area contributed by atoms with Gasteiger partial charge in [0.25, 0.3) is 0 Å². The molecule has 0 aromatic rings. The molecule has 0 heterocycles. The van der Waals surface area contributed by atoms with Crippen LogP contribution in [0.15, 0.2) is 0 Å². The van der Waals surface area contributed by atoms with Gasteiger partial charge in [-0.15, -0.1) is 0 Å². The molecule has 7 nitrogen and oxygen atoms in total. The number of carbonyl (C=O) groups excluding carboxylic acids is 1. The summed E-state index contributed by atoms with van der Waals surface area (Å²) in [5.74, 6) is 0. The first kappa shape index (κ1) is 34.3. The number of carbonyl (C=O) groups is 1. The van der Waals surface area contributed by atoms with E-state index in [4.69, 9.17) is 13.3 Å². The molecule has 8 heteroatoms. The standard InChI is InChI=1S/C27H59N3O4Si/c1-5-6-7-8-9-10-11-12-13-14-15-16-17-18-19-20-23-29-27(31)30-25-24-28-22-21-26-35(32-2,33-3)34-4/h28H,5-26H2,1-4H3,(H2,29,30,31). The molecule has 0 saturated heterocycles. The Balaban J connectivity index is 3.29. The van der Waals surface area contributed by atoms with Crippen LogP contribution in [-0.2, 0) is 13.3 Å². The van der Waals surface area contributed by atoms with E-state index in [0.29, 0.717) is 6.54 Å². The fourth-order valence-corrected chi connectivity index (χ4v) is 6.04. The minimum absolute atomic E-state index is 0.0719. The van der Waals surface area contributed by atoms with Crippen molar-refractivity contribution in [3.05, 3.63) is 0 Å². The summed E-state index contributed by atoms with van der Waals surface area (Å²) < 4.78 is 16.2. The van der Waals surface area contributed by atoms with Gasteiger partial charge in [0.05, 0.1) is 0 Å². The van der Waals surface area contributed by atoms with E-state index in [1.54, 1.807) is 21.3 Å². The van der Waals surface area contributed by atoms with Gasteiger partial charge in [-0.25, -0.2) is 4.79 Å². The Morgan fingerprint density at radius 2 is 0.971 bits per heavy atom. The third-order valence-corrected chi connectivity index (χ3v) is 9.50. The zero-order valence-electron chi connectivity index (χ0n) is 23.7. The fraction of sp³-hybridized carbons (Fsp3) is 0.963. The Kier molecular flexibility index (Phi) is 25.9. The molecular formula is C27H59N3O4Si. The maximum Gasteiger partial charge on any atom is 0.500 e. The van der Waals surface area contributed by atoms with Gasteiger partial charge in [-0.05, 0) is 19.4 Å². The number of amides is 2. The van der Waals surface area contributed by atoms with Gasteiger partial charge < -0.3 is 29.2 Å². The SMILES string of the molecule is CCCCCCCCCCCCCCCCCCNC(=O)NCCNCCC[Si](OC)(OC)OC. The molecule has 0 bridgehead atoms. The third kappa shape index (κ3) is 22.3. The topological polar surface area (TPSA) is 80.9 Å². The lowest BCUT2D eigenvalue weighted by atomic mass is 10.0. The Morgan fingerprint density at radius 1 is 0.543 bits per heavy atom. The van der Waals surface area contributed by atoms with Gasteiger partial charge in [-0.1, -0.05) is 103 Å². The number of nitrogens with one attached hydrogen (secondary N) is 3. The number of urea groups is 1. The molecule has 0 saturated carbocycles. The number of rotatable bonds is 27. The van der Waals surface area contributed by atoms with Crippen LogP contribution in [0.1, 0.15) is 116 Å². The molecule has 0 spiro atoms. The van der Waals surface area contributed by atoms with E-state index in [9.17, 15) is 4.79 Å². The molecule has 0 aromatic heterocycles. The zero-order chi connectivity index (χ0) is 25.9. The summed E-state index contributed by atoms with van der Waals surface area (Å²) in [6.07, 6.45) is 22.7. The quantitative estimate of drug-likeness (QED) is 0.0867. The van der Waals surface area contributed by atoms with Crippen LogP contribution in [0, 0.1) is 0 Å². The largest absolute Gasteiger partial charge is 0.500 e. The summed E-state index contributed by atoms with van der Waals surface area (Å²) >= 11 is 0. The van der Waals surface area contributed by atoms with Gasteiger partial charge >= 0.3 is 14.8 Å². The van der Waals surface area contributed by atoms with E-state index in [-0.39, 0.29) is 6.03 Å². The fourth-order valence-electron chi connectivity index (χ4n) is 4.31. The maximum atomic E-state index is 11.8. The number of hydrogen-bond acceptors (Lipinski definition) is 5. The van der Waals surface area contributed by atoms with Gasteiger partial charge in [0.2, 0.25) is 0 Å². The van der Waals surface area contributed by atoms with Crippen molar-refractivity contribution in [2.45, 2.75) is 122 Å². The maximum absolute atomic E-state index is 11.8. The van der Waals surface area contributed by atoms with E-state index in [1.807, 2.05) is 0 Å². The average Bonchev–Trinajstić information content (AvgIpc) is 2.88. The van der Waals surface area contributed by atoms with E-state index in [2.05, 4.69) is 22.9 Å². The van der Waals surface area contributed by atoms with E-state index in [1.165, 1.54) is 96.3 Å². The van der Waals surface area contributed by atoms with Gasteiger partial charge in [0.15, 0.2) is 0 Å². The molecule has 0 aliphatic carbocycles. The molecule has 0 fully saturated rings. The van der Waals surface area contributed by atoms with Gasteiger partial charge in [0.1, 0.15) is 0 Å². The lowest BCUT2D eigenvalue weighted by molar-refractivity contribution is 0.123. The minimum Gasteiger partial charge on any atom is -0.377 e. The molecule has 35 heavy (non-hydrogen) atoms. The van der Waals surface area contributed by atoms with Crippen molar-refractivity contribution in [2.24, 2.45) is 0 Å². The van der Waals surface area contributed by atoms with Crippen molar-refractivity contribution in [3.63, 3.8) is 0 Å². The molecule has 210 valence electrons. The average molecular weight is 518 g/mol. The normalized spacial score (nSPS) is 11.7. The first-order valence-electron chi connectivity index (χ1n) is 14.5. The van der Waals surface area contributed by atoms with Crippen molar-refractivity contribution < 1.29 is 18.1 Å². The molecular weight excluding hydrogens is 458 g/mol. The van der Waals surface area contributed by atoms with Crippen LogP contribution >= 0.6 is 0 Å². The predicted molar refractivity (Wildman–Crippen MR) is 150 cm³/mol. The van der Waals surface area contributed by atoms with E-state index >= 15 is 0 Å². The second-order valence-electron chi connectivity index (χ2n) is 9.63. The number of hydrogen-bond donors (Lipinski definition) is 3. The minimum atomic E-state index is -2.47. The molecule has 3 N–H and O–H groups in total. The van der Waals surface area contributed by atoms with Gasteiger partial charge in [-0.3, -0.25) is 0 Å². The van der Waals surface area contributed by atoms with Crippen molar-refractivity contribution in [1.82, 2.24) is 16.0 Å². The summed E-state index contributed by atoms with van der Waals surface area (Å²) in [7, 11) is 2.43. The van der Waals surface area contributed by atoms with Crippen molar-refractivity contribution in [1.29, 1.82) is 0 Å². The highest BCUT2D eigenvalue weighted by atomic mass is 28.4. The molecule has 0 rings (SSSR count). The van der Waals surface area contributed by atoms with Crippen LogP contribution in [0.5, 0.6) is 0 Å². The second-order valence-corrected chi connectivity index (χ2v) is 12.7. The van der Waals surface area contributed by atoms with Crippen LogP contribution in [0.4, 0.5) is 4.79 Å². The summed E-state index contributed by atoms with van der Waals surface area (Å²) in [5, 5.41) is 9.18. The highest BCUT2D eigenvalue weighted by molar-refractivity contribution is 6.60. The smallest absolute Gasteiger partial charge is 0.377 e. The first-order valence-corrected chi connectivity index (χ1v) is 16.4. The lowest BCUT2D eigenvalue weighted by Gasteiger charge is -2.24. The van der Waals surface area contributed by atoms with Crippen LogP contribution in [0.25, 0.3) is 0 Å². The molecule has 0 atom stereocenters. The summed E-state index contributed by atoms with van der Waals surface area (Å²) in [6, 6.07) is 0.703. The first-order chi connectivity index (χ1) is 17.1. The van der Waals surface area contributed by atoms with Crippen LogP contribution in [0.3, 0.4) is 0 Å². The summed E-state index contributed by atoms with van der Waals surface area (Å²) in [5.41, 5.74) is 0. The predicted octanol–water partition coefficient (Wildman–Crippen LogP) is 6.40. The second kappa shape index (κ2) is 26.4. The van der Waals surface area contributed by atoms with Crippen LogP contribution in [-0.4, -0.2) is 62.3 Å². The highest BCUT2D eigenvalue weighted by Gasteiger charge is 2.36. The van der Waals surface area contributed by atoms with Gasteiger partial charge in [0, 0.05) is 47.0 Å². The molecule has 2 amide bonds. The van der Waals surface area contributed by atoms with Crippen molar-refractivity contribution >= 4 is 14.8 Å². The van der Waals surface area contributed by atoms with Crippen molar-refractivity contribution in [2.75, 3.05) is 47.5 Å². The highest BCUT2D eigenvalue weighted by Crippen LogP contribution is 2.15. The molecule has 0 aliphatic heterocycles. The van der Waals surface area contributed by atoms with Crippen LogP contribution in [0.2, 0.25) is 6.04 Å². The molecule has 0 unspecified atom stereocenters. The monoisotopic (exact) mass is 517 g/mol. The Labute approximate surface area is 218 Å². The van der Waals surface area contributed by atoms with E-state index in [0.717, 1.165) is 38.5 Å². The Morgan fingerprint density at radius 3 is 1.43 bits per heavy atom. The lowest BCUT2D eigenvalue weighted by Crippen LogP contribution is -2.43.